The van der Waals surface area contributed by atoms with Crippen LogP contribution in [0, 0.1) is 5.92 Å². The van der Waals surface area contributed by atoms with Gasteiger partial charge in [0, 0.05) is 12.2 Å². The highest BCUT2D eigenvalue weighted by Gasteiger charge is 2.38. The fourth-order valence-corrected chi connectivity index (χ4v) is 3.74. The number of hydrogen-bond acceptors (Lipinski definition) is 5. The zero-order valence-electron chi connectivity index (χ0n) is 11.6. The Morgan fingerprint density at radius 3 is 3.05 bits per heavy atom. The van der Waals surface area contributed by atoms with Crippen molar-refractivity contribution in [2.24, 2.45) is 5.92 Å². The van der Waals surface area contributed by atoms with Gasteiger partial charge in [0.1, 0.15) is 5.69 Å². The standard InChI is InChI=1S/C15H17ClN4O/c16-10-5-3-7-17-13(10)14-19-15(21-20-14)12-8-9-4-1-2-6-11(9)18-12/h3,5,7,9,11-12,18H,1-2,4,6,8H2. The Labute approximate surface area is 128 Å². The Morgan fingerprint density at radius 1 is 1.29 bits per heavy atom. The van der Waals surface area contributed by atoms with Crippen molar-refractivity contribution >= 4 is 11.6 Å². The van der Waals surface area contributed by atoms with E-state index in [0.717, 1.165) is 12.3 Å². The van der Waals surface area contributed by atoms with Crippen molar-refractivity contribution in [3.8, 4) is 11.5 Å². The van der Waals surface area contributed by atoms with Crippen LogP contribution in [0.3, 0.4) is 0 Å². The third-order valence-electron chi connectivity index (χ3n) is 4.57. The molecule has 0 aromatic carbocycles. The number of rotatable bonds is 2. The van der Waals surface area contributed by atoms with Crippen molar-refractivity contribution in [2.75, 3.05) is 0 Å². The van der Waals surface area contributed by atoms with E-state index in [9.17, 15) is 0 Å². The van der Waals surface area contributed by atoms with Gasteiger partial charge in [-0.3, -0.25) is 4.98 Å². The molecule has 21 heavy (non-hydrogen) atoms. The van der Waals surface area contributed by atoms with Crippen LogP contribution in [0.4, 0.5) is 0 Å². The lowest BCUT2D eigenvalue weighted by atomic mass is 9.85. The van der Waals surface area contributed by atoms with Crippen LogP contribution in [0.2, 0.25) is 5.02 Å². The molecule has 4 rings (SSSR count). The van der Waals surface area contributed by atoms with Crippen molar-refractivity contribution < 1.29 is 4.52 Å². The van der Waals surface area contributed by atoms with Gasteiger partial charge < -0.3 is 9.84 Å². The number of halogens is 1. The lowest BCUT2D eigenvalue weighted by Crippen LogP contribution is -2.30. The van der Waals surface area contributed by atoms with Gasteiger partial charge >= 0.3 is 0 Å². The third-order valence-corrected chi connectivity index (χ3v) is 4.88. The summed E-state index contributed by atoms with van der Waals surface area (Å²) in [7, 11) is 0. The van der Waals surface area contributed by atoms with Gasteiger partial charge in [0.25, 0.3) is 0 Å². The maximum absolute atomic E-state index is 6.13. The highest BCUT2D eigenvalue weighted by Crippen LogP contribution is 2.39. The van der Waals surface area contributed by atoms with E-state index >= 15 is 0 Å². The number of pyridine rings is 1. The van der Waals surface area contributed by atoms with Gasteiger partial charge in [0.2, 0.25) is 11.7 Å². The minimum Gasteiger partial charge on any atom is -0.337 e. The SMILES string of the molecule is Clc1cccnc1-c1noc(C2CC3CCCCC3N2)n1. The first-order valence-electron chi connectivity index (χ1n) is 7.52. The van der Waals surface area contributed by atoms with Crippen LogP contribution < -0.4 is 5.32 Å². The average molecular weight is 305 g/mol. The van der Waals surface area contributed by atoms with Gasteiger partial charge in [0.05, 0.1) is 11.1 Å². The molecular formula is C15H17ClN4O. The molecule has 5 nitrogen and oxygen atoms in total. The fraction of sp³-hybridized carbons (Fsp3) is 0.533. The minimum absolute atomic E-state index is 0.168. The third kappa shape index (κ3) is 2.45. The van der Waals surface area contributed by atoms with Crippen molar-refractivity contribution in [2.45, 2.75) is 44.2 Å². The summed E-state index contributed by atoms with van der Waals surface area (Å²) in [6.45, 7) is 0. The van der Waals surface area contributed by atoms with Gasteiger partial charge in [-0.2, -0.15) is 4.98 Å². The van der Waals surface area contributed by atoms with Crippen molar-refractivity contribution in [1.29, 1.82) is 0 Å². The molecule has 0 bridgehead atoms. The molecule has 1 aliphatic heterocycles. The Morgan fingerprint density at radius 2 is 2.19 bits per heavy atom. The van der Waals surface area contributed by atoms with E-state index in [1.54, 1.807) is 18.3 Å². The first-order chi connectivity index (χ1) is 10.3. The predicted molar refractivity (Wildman–Crippen MR) is 78.8 cm³/mol. The van der Waals surface area contributed by atoms with E-state index in [-0.39, 0.29) is 6.04 Å². The second kappa shape index (κ2) is 5.39. The molecular weight excluding hydrogens is 288 g/mol. The Balaban J connectivity index is 1.56. The summed E-state index contributed by atoms with van der Waals surface area (Å²) in [5.41, 5.74) is 0.574. The molecule has 2 aromatic heterocycles. The average Bonchev–Trinajstić information content (AvgIpc) is 3.14. The molecule has 3 unspecified atom stereocenters. The fourth-order valence-electron chi connectivity index (χ4n) is 3.53. The number of aromatic nitrogens is 3. The molecule has 3 atom stereocenters. The van der Waals surface area contributed by atoms with Gasteiger partial charge in [-0.25, -0.2) is 0 Å². The number of nitrogens with one attached hydrogen (secondary N) is 1. The number of hydrogen-bond donors (Lipinski definition) is 1. The molecule has 0 spiro atoms. The molecule has 110 valence electrons. The highest BCUT2D eigenvalue weighted by molar-refractivity contribution is 6.32. The van der Waals surface area contributed by atoms with Crippen molar-refractivity contribution in [1.82, 2.24) is 20.4 Å². The van der Waals surface area contributed by atoms with Crippen LogP contribution in [0.25, 0.3) is 11.5 Å². The van der Waals surface area contributed by atoms with Crippen LogP contribution in [-0.4, -0.2) is 21.2 Å². The van der Waals surface area contributed by atoms with E-state index in [1.165, 1.54) is 25.7 Å². The topological polar surface area (TPSA) is 63.8 Å². The van der Waals surface area contributed by atoms with Crippen molar-refractivity contribution in [3.63, 3.8) is 0 Å². The summed E-state index contributed by atoms with van der Waals surface area (Å²) in [4.78, 5) is 8.72. The van der Waals surface area contributed by atoms with Crippen LogP contribution in [0.15, 0.2) is 22.9 Å². The summed E-state index contributed by atoms with van der Waals surface area (Å²) in [5, 5.41) is 8.21. The minimum atomic E-state index is 0.168. The highest BCUT2D eigenvalue weighted by atomic mass is 35.5. The molecule has 1 saturated heterocycles. The molecule has 0 amide bonds. The first kappa shape index (κ1) is 13.2. The molecule has 1 saturated carbocycles. The molecule has 3 heterocycles. The zero-order chi connectivity index (χ0) is 14.2. The van der Waals surface area contributed by atoms with E-state index in [1.807, 2.05) is 0 Å². The van der Waals surface area contributed by atoms with E-state index in [4.69, 9.17) is 16.1 Å². The first-order valence-corrected chi connectivity index (χ1v) is 7.89. The molecule has 1 N–H and O–H groups in total. The number of fused-ring (bicyclic) bond motifs is 1. The lowest BCUT2D eigenvalue weighted by molar-refractivity contribution is 0.324. The van der Waals surface area contributed by atoms with Gasteiger partial charge in [-0.15, -0.1) is 0 Å². The lowest BCUT2D eigenvalue weighted by Gasteiger charge is -2.24. The van der Waals surface area contributed by atoms with Crippen LogP contribution >= 0.6 is 11.6 Å². The molecule has 2 fully saturated rings. The molecule has 2 aromatic rings. The summed E-state index contributed by atoms with van der Waals surface area (Å²) in [6, 6.07) is 4.35. The van der Waals surface area contributed by atoms with Crippen LogP contribution in [-0.2, 0) is 0 Å². The normalized spacial score (nSPS) is 28.5. The summed E-state index contributed by atoms with van der Waals surface area (Å²) >= 11 is 6.13. The van der Waals surface area contributed by atoms with E-state index in [0.29, 0.717) is 28.5 Å². The maximum Gasteiger partial charge on any atom is 0.244 e. The molecule has 1 aliphatic carbocycles. The Hall–Kier alpha value is -1.46. The summed E-state index contributed by atoms with van der Waals surface area (Å²) in [5.74, 6) is 1.87. The van der Waals surface area contributed by atoms with E-state index < -0.39 is 0 Å². The number of nitrogens with zero attached hydrogens (tertiary/aromatic N) is 3. The largest absolute Gasteiger partial charge is 0.337 e. The Kier molecular flexibility index (Phi) is 3.39. The predicted octanol–water partition coefficient (Wildman–Crippen LogP) is 3.38. The van der Waals surface area contributed by atoms with Gasteiger partial charge in [-0.05, 0) is 37.3 Å². The van der Waals surface area contributed by atoms with Crippen LogP contribution in [0.1, 0.15) is 44.0 Å². The van der Waals surface area contributed by atoms with Gasteiger partial charge in [0.15, 0.2) is 0 Å². The quantitative estimate of drug-likeness (QED) is 0.921. The monoisotopic (exact) mass is 304 g/mol. The second-order valence-corrected chi connectivity index (χ2v) is 6.30. The smallest absolute Gasteiger partial charge is 0.244 e. The van der Waals surface area contributed by atoms with Crippen LogP contribution in [0.5, 0.6) is 0 Å². The molecule has 0 radical (unpaired) electrons. The molecule has 2 aliphatic rings. The Bertz CT molecular complexity index is 630. The zero-order valence-corrected chi connectivity index (χ0v) is 12.4. The molecule has 6 heteroatoms. The van der Waals surface area contributed by atoms with Gasteiger partial charge in [-0.1, -0.05) is 29.6 Å². The summed E-state index contributed by atoms with van der Waals surface area (Å²) in [6.07, 6.45) is 7.99. The summed E-state index contributed by atoms with van der Waals surface area (Å²) < 4.78 is 5.44. The maximum atomic E-state index is 6.13. The van der Waals surface area contributed by atoms with E-state index in [2.05, 4.69) is 20.4 Å². The van der Waals surface area contributed by atoms with Crippen molar-refractivity contribution in [3.05, 3.63) is 29.2 Å². The second-order valence-electron chi connectivity index (χ2n) is 5.90.